The minimum Gasteiger partial charge on any atom is -0.393 e. The van der Waals surface area contributed by atoms with Crippen molar-refractivity contribution in [2.24, 2.45) is 34.3 Å². The van der Waals surface area contributed by atoms with Crippen LogP contribution in [0.1, 0.15) is 58.8 Å². The maximum Gasteiger partial charge on any atom is 0.0757 e. The zero-order valence-electron chi connectivity index (χ0n) is 14.0. The fourth-order valence-electron chi connectivity index (χ4n) is 6.67. The second-order valence-corrected chi connectivity index (χ2v) is 9.02. The predicted molar refractivity (Wildman–Crippen MR) is 87.1 cm³/mol. The highest BCUT2D eigenvalue weighted by Crippen LogP contribution is 2.64. The van der Waals surface area contributed by atoms with E-state index < -0.39 is 0 Å². The molecule has 8 atom stereocenters. The van der Waals surface area contributed by atoms with Crippen LogP contribution in [0.3, 0.4) is 0 Å². The molecule has 0 spiro atoms. The van der Waals surface area contributed by atoms with Gasteiger partial charge in [0.1, 0.15) is 0 Å². The maximum absolute atomic E-state index is 10.9. The summed E-state index contributed by atoms with van der Waals surface area (Å²) in [5.41, 5.74) is 8.18. The number of nitrogens with two attached hydrogens (primary N) is 1. The van der Waals surface area contributed by atoms with Crippen molar-refractivity contribution < 1.29 is 10.2 Å². The van der Waals surface area contributed by atoms with Crippen LogP contribution in [0.25, 0.3) is 0 Å². The minimum atomic E-state index is -0.340. The molecule has 3 saturated carbocycles. The number of hydrogen-bond donors (Lipinski definition) is 3. The van der Waals surface area contributed by atoms with E-state index in [0.717, 1.165) is 25.7 Å². The zero-order chi connectivity index (χ0) is 15.7. The van der Waals surface area contributed by atoms with E-state index in [4.69, 9.17) is 5.73 Å². The Morgan fingerprint density at radius 1 is 1.05 bits per heavy atom. The second kappa shape index (κ2) is 4.81. The van der Waals surface area contributed by atoms with Crippen LogP contribution in [0.5, 0.6) is 0 Å². The summed E-state index contributed by atoms with van der Waals surface area (Å²) < 4.78 is 0. The van der Waals surface area contributed by atoms with E-state index in [1.165, 1.54) is 24.8 Å². The molecule has 0 amide bonds. The molecule has 0 saturated heterocycles. The third kappa shape index (κ3) is 1.85. The molecular formula is C19H31NO2. The summed E-state index contributed by atoms with van der Waals surface area (Å²) in [6.45, 7) is 4.76. The lowest BCUT2D eigenvalue weighted by Crippen LogP contribution is -2.56. The molecule has 3 nitrogen and oxygen atoms in total. The van der Waals surface area contributed by atoms with Gasteiger partial charge in [-0.05, 0) is 73.5 Å². The Kier molecular flexibility index (Phi) is 3.32. The molecule has 124 valence electrons. The summed E-state index contributed by atoms with van der Waals surface area (Å²) in [6, 6.07) is 0.303. The van der Waals surface area contributed by atoms with Crippen molar-refractivity contribution in [1.29, 1.82) is 0 Å². The Morgan fingerprint density at radius 2 is 1.82 bits per heavy atom. The van der Waals surface area contributed by atoms with Gasteiger partial charge in [0.15, 0.2) is 0 Å². The van der Waals surface area contributed by atoms with E-state index in [1.807, 2.05) is 0 Å². The predicted octanol–water partition coefficient (Wildman–Crippen LogP) is 2.61. The van der Waals surface area contributed by atoms with Crippen LogP contribution in [0.15, 0.2) is 11.6 Å². The third-order valence-corrected chi connectivity index (χ3v) is 8.18. The molecule has 0 aliphatic heterocycles. The number of aliphatic hydroxyl groups is 2. The van der Waals surface area contributed by atoms with Gasteiger partial charge in [0.05, 0.1) is 12.2 Å². The molecule has 0 bridgehead atoms. The van der Waals surface area contributed by atoms with Gasteiger partial charge in [0.2, 0.25) is 0 Å². The molecule has 4 N–H and O–H groups in total. The van der Waals surface area contributed by atoms with Crippen LogP contribution in [0.2, 0.25) is 0 Å². The molecule has 3 fully saturated rings. The van der Waals surface area contributed by atoms with Crippen LogP contribution in [-0.4, -0.2) is 28.5 Å². The summed E-state index contributed by atoms with van der Waals surface area (Å²) in [5, 5.41) is 20.9. The highest BCUT2D eigenvalue weighted by molar-refractivity contribution is 5.28. The molecular weight excluding hydrogens is 274 g/mol. The number of fused-ring (bicyclic) bond motifs is 5. The van der Waals surface area contributed by atoms with Crippen molar-refractivity contribution in [3.63, 3.8) is 0 Å². The van der Waals surface area contributed by atoms with Gasteiger partial charge in [-0.15, -0.1) is 0 Å². The molecule has 0 aromatic carbocycles. The highest BCUT2D eigenvalue weighted by Gasteiger charge is 2.60. The van der Waals surface area contributed by atoms with Gasteiger partial charge in [-0.2, -0.15) is 0 Å². The molecule has 0 radical (unpaired) electrons. The van der Waals surface area contributed by atoms with Crippen LogP contribution in [-0.2, 0) is 0 Å². The maximum atomic E-state index is 10.9. The van der Waals surface area contributed by atoms with Gasteiger partial charge in [0, 0.05) is 6.04 Å². The standard InChI is InChI=1S/C19H31NO2/c1-18-7-5-12(21)9-11(18)10-15(22)17-13-3-4-16(20)19(13,2)8-6-14(17)18/h10,12-17,21-22H,3-9,20H2,1-2H3/t12?,13-,14+,15?,16?,17-,18-,19-/m0/s1. The first-order chi connectivity index (χ1) is 10.4. The minimum absolute atomic E-state index is 0.192. The quantitative estimate of drug-likeness (QED) is 0.603. The summed E-state index contributed by atoms with van der Waals surface area (Å²) in [7, 11) is 0. The molecule has 0 heterocycles. The number of aliphatic hydroxyl groups excluding tert-OH is 2. The first-order valence-corrected chi connectivity index (χ1v) is 9.19. The van der Waals surface area contributed by atoms with Crippen molar-refractivity contribution in [2.45, 2.75) is 77.0 Å². The zero-order valence-corrected chi connectivity index (χ0v) is 14.0. The lowest BCUT2D eigenvalue weighted by atomic mass is 9.47. The number of hydrogen-bond acceptors (Lipinski definition) is 3. The van der Waals surface area contributed by atoms with Gasteiger partial charge in [0.25, 0.3) is 0 Å². The smallest absolute Gasteiger partial charge is 0.0757 e. The van der Waals surface area contributed by atoms with Gasteiger partial charge in [-0.1, -0.05) is 25.5 Å². The Labute approximate surface area is 134 Å². The Morgan fingerprint density at radius 3 is 2.59 bits per heavy atom. The van der Waals surface area contributed by atoms with Crippen molar-refractivity contribution in [3.05, 3.63) is 11.6 Å². The van der Waals surface area contributed by atoms with E-state index >= 15 is 0 Å². The van der Waals surface area contributed by atoms with Crippen molar-refractivity contribution in [1.82, 2.24) is 0 Å². The largest absolute Gasteiger partial charge is 0.393 e. The molecule has 0 aromatic rings. The van der Waals surface area contributed by atoms with E-state index in [1.54, 1.807) is 0 Å². The summed E-state index contributed by atoms with van der Waals surface area (Å²) in [6.07, 6.45) is 8.99. The van der Waals surface area contributed by atoms with Crippen molar-refractivity contribution in [3.8, 4) is 0 Å². The Bertz CT molecular complexity index is 504. The topological polar surface area (TPSA) is 66.5 Å². The van der Waals surface area contributed by atoms with Gasteiger partial charge < -0.3 is 15.9 Å². The van der Waals surface area contributed by atoms with Crippen LogP contribution in [0, 0.1) is 28.6 Å². The first-order valence-electron chi connectivity index (χ1n) is 9.19. The summed E-state index contributed by atoms with van der Waals surface area (Å²) in [5.74, 6) is 1.51. The van der Waals surface area contributed by atoms with E-state index in [-0.39, 0.29) is 23.0 Å². The average Bonchev–Trinajstić information content (AvgIpc) is 2.77. The molecule has 4 rings (SSSR count). The van der Waals surface area contributed by atoms with Gasteiger partial charge in [-0.3, -0.25) is 0 Å². The van der Waals surface area contributed by atoms with Crippen LogP contribution < -0.4 is 5.73 Å². The van der Waals surface area contributed by atoms with E-state index in [0.29, 0.717) is 23.8 Å². The fraction of sp³-hybridized carbons (Fsp3) is 0.895. The first kappa shape index (κ1) is 15.2. The monoisotopic (exact) mass is 305 g/mol. The lowest BCUT2D eigenvalue weighted by molar-refractivity contribution is -0.0853. The Balaban J connectivity index is 1.73. The van der Waals surface area contributed by atoms with Gasteiger partial charge in [-0.25, -0.2) is 0 Å². The van der Waals surface area contributed by atoms with Crippen molar-refractivity contribution in [2.75, 3.05) is 0 Å². The molecule has 4 aliphatic carbocycles. The molecule has 0 aromatic heterocycles. The highest BCUT2D eigenvalue weighted by atomic mass is 16.3. The lowest BCUT2D eigenvalue weighted by Gasteiger charge is -2.58. The second-order valence-electron chi connectivity index (χ2n) is 9.02. The molecule has 4 aliphatic rings. The molecule has 22 heavy (non-hydrogen) atoms. The Hall–Kier alpha value is -0.380. The van der Waals surface area contributed by atoms with Crippen LogP contribution >= 0.6 is 0 Å². The van der Waals surface area contributed by atoms with E-state index in [2.05, 4.69) is 19.9 Å². The fourth-order valence-corrected chi connectivity index (χ4v) is 6.67. The number of rotatable bonds is 0. The molecule has 3 heteroatoms. The van der Waals surface area contributed by atoms with Crippen molar-refractivity contribution >= 4 is 0 Å². The summed E-state index contributed by atoms with van der Waals surface area (Å²) >= 11 is 0. The SMILES string of the molecule is C[C@]12CCC(O)CC1=CC(O)[C@@H]1[C@H]2CC[C@]2(C)C(N)CC[C@@H]12. The van der Waals surface area contributed by atoms with Gasteiger partial charge >= 0.3 is 0 Å². The normalized spacial score (nSPS) is 57.6. The van der Waals surface area contributed by atoms with Crippen LogP contribution in [0.4, 0.5) is 0 Å². The van der Waals surface area contributed by atoms with E-state index in [9.17, 15) is 10.2 Å². The molecule has 3 unspecified atom stereocenters. The summed E-state index contributed by atoms with van der Waals surface area (Å²) in [4.78, 5) is 0. The third-order valence-electron chi connectivity index (χ3n) is 8.18. The average molecular weight is 305 g/mol.